The van der Waals surface area contributed by atoms with Crippen molar-refractivity contribution in [1.82, 2.24) is 9.88 Å². The van der Waals surface area contributed by atoms with Crippen LogP contribution in [0.2, 0.25) is 0 Å². The van der Waals surface area contributed by atoms with Crippen LogP contribution in [-0.2, 0) is 0 Å². The minimum Gasteiger partial charge on any atom is -0.399 e. The molecule has 4 nitrogen and oxygen atoms in total. The lowest BCUT2D eigenvalue weighted by Crippen LogP contribution is -2.41. The number of amides is 1. The van der Waals surface area contributed by atoms with Gasteiger partial charge in [0.1, 0.15) is 5.69 Å². The monoisotopic (exact) mass is 289 g/mol. The minimum atomic E-state index is 0.0441. The third-order valence-corrected chi connectivity index (χ3v) is 4.28. The maximum absolute atomic E-state index is 12.8. The number of unbranched alkanes of at least 4 members (excludes halogenated alkanes) is 1. The van der Waals surface area contributed by atoms with Gasteiger partial charge in [-0.05, 0) is 31.4 Å². The van der Waals surface area contributed by atoms with E-state index in [1.807, 2.05) is 0 Å². The highest BCUT2D eigenvalue weighted by molar-refractivity contribution is 5.93. The van der Waals surface area contributed by atoms with E-state index in [1.54, 1.807) is 18.3 Å². The number of nitrogens with zero attached hydrogens (tertiary/aromatic N) is 2. The van der Waals surface area contributed by atoms with Gasteiger partial charge in [-0.1, -0.05) is 39.0 Å². The van der Waals surface area contributed by atoms with Crippen molar-refractivity contribution in [1.29, 1.82) is 0 Å². The van der Waals surface area contributed by atoms with Crippen LogP contribution in [0, 0.1) is 0 Å². The molecule has 1 saturated carbocycles. The second-order valence-electron chi connectivity index (χ2n) is 5.97. The lowest BCUT2D eigenvalue weighted by molar-refractivity contribution is 0.0651. The van der Waals surface area contributed by atoms with E-state index >= 15 is 0 Å². The van der Waals surface area contributed by atoms with Gasteiger partial charge in [0.25, 0.3) is 5.91 Å². The van der Waals surface area contributed by atoms with Crippen molar-refractivity contribution in [3.63, 3.8) is 0 Å². The standard InChI is InChI=1S/C17H27N3O/c1-2-3-12-20(15-8-6-4-5-7-9-15)17(21)16-13-14(18)10-11-19-16/h10-11,13,15H,2-9,12H2,1H3,(H2,18,19). The zero-order chi connectivity index (χ0) is 15.1. The summed E-state index contributed by atoms with van der Waals surface area (Å²) in [6.07, 6.45) is 11.1. The van der Waals surface area contributed by atoms with Gasteiger partial charge in [0.05, 0.1) is 0 Å². The zero-order valence-corrected chi connectivity index (χ0v) is 13.1. The quantitative estimate of drug-likeness (QED) is 0.842. The Kier molecular flexibility index (Phi) is 6.03. The van der Waals surface area contributed by atoms with E-state index in [-0.39, 0.29) is 5.91 Å². The van der Waals surface area contributed by atoms with Crippen molar-refractivity contribution < 1.29 is 4.79 Å². The van der Waals surface area contributed by atoms with Gasteiger partial charge in [-0.15, -0.1) is 0 Å². The van der Waals surface area contributed by atoms with E-state index in [1.165, 1.54) is 25.7 Å². The SMILES string of the molecule is CCCCN(C(=O)c1cc(N)ccn1)C1CCCCCC1. The molecule has 0 saturated heterocycles. The number of hydrogen-bond acceptors (Lipinski definition) is 3. The smallest absolute Gasteiger partial charge is 0.272 e. The van der Waals surface area contributed by atoms with Crippen LogP contribution in [0.1, 0.15) is 68.8 Å². The Balaban J connectivity index is 2.15. The number of aromatic nitrogens is 1. The molecule has 0 aliphatic heterocycles. The molecule has 1 amide bonds. The normalized spacial score (nSPS) is 16.4. The Hall–Kier alpha value is -1.58. The predicted molar refractivity (Wildman–Crippen MR) is 86.1 cm³/mol. The van der Waals surface area contributed by atoms with Gasteiger partial charge >= 0.3 is 0 Å². The third-order valence-electron chi connectivity index (χ3n) is 4.28. The highest BCUT2D eigenvalue weighted by Crippen LogP contribution is 2.23. The predicted octanol–water partition coefficient (Wildman–Crippen LogP) is 3.63. The van der Waals surface area contributed by atoms with E-state index in [0.717, 1.165) is 32.2 Å². The van der Waals surface area contributed by atoms with Crippen molar-refractivity contribution in [2.75, 3.05) is 12.3 Å². The average Bonchev–Trinajstić information content (AvgIpc) is 2.77. The number of rotatable bonds is 5. The van der Waals surface area contributed by atoms with Crippen LogP contribution in [0.5, 0.6) is 0 Å². The number of pyridine rings is 1. The molecule has 2 N–H and O–H groups in total. The number of anilines is 1. The summed E-state index contributed by atoms with van der Waals surface area (Å²) in [6, 6.07) is 3.78. The molecule has 1 aromatic rings. The Morgan fingerprint density at radius 3 is 2.67 bits per heavy atom. The van der Waals surface area contributed by atoms with Crippen molar-refractivity contribution >= 4 is 11.6 Å². The summed E-state index contributed by atoms with van der Waals surface area (Å²) >= 11 is 0. The van der Waals surface area contributed by atoms with Gasteiger partial charge < -0.3 is 10.6 Å². The van der Waals surface area contributed by atoms with Crippen LogP contribution in [0.3, 0.4) is 0 Å². The summed E-state index contributed by atoms with van der Waals surface area (Å²) in [5.41, 5.74) is 6.87. The van der Waals surface area contributed by atoms with E-state index in [2.05, 4.69) is 16.8 Å². The lowest BCUT2D eigenvalue weighted by atomic mass is 10.1. The van der Waals surface area contributed by atoms with Gasteiger partial charge in [-0.25, -0.2) is 0 Å². The summed E-state index contributed by atoms with van der Waals surface area (Å²) in [4.78, 5) is 19.1. The first-order chi connectivity index (χ1) is 10.2. The Morgan fingerprint density at radius 1 is 1.33 bits per heavy atom. The summed E-state index contributed by atoms with van der Waals surface area (Å²) in [5.74, 6) is 0.0441. The van der Waals surface area contributed by atoms with Crippen LogP contribution >= 0.6 is 0 Å². The number of hydrogen-bond donors (Lipinski definition) is 1. The number of carbonyl (C=O) groups is 1. The van der Waals surface area contributed by atoms with E-state index < -0.39 is 0 Å². The molecule has 0 atom stereocenters. The second-order valence-corrected chi connectivity index (χ2v) is 5.97. The van der Waals surface area contributed by atoms with Crippen LogP contribution in [0.25, 0.3) is 0 Å². The first-order valence-corrected chi connectivity index (χ1v) is 8.25. The molecular weight excluding hydrogens is 262 g/mol. The Morgan fingerprint density at radius 2 is 2.05 bits per heavy atom. The van der Waals surface area contributed by atoms with Gasteiger partial charge in [-0.2, -0.15) is 0 Å². The van der Waals surface area contributed by atoms with E-state index in [4.69, 9.17) is 5.73 Å². The number of nitrogen functional groups attached to an aromatic ring is 1. The zero-order valence-electron chi connectivity index (χ0n) is 13.1. The Bertz CT molecular complexity index is 453. The largest absolute Gasteiger partial charge is 0.399 e. The van der Waals surface area contributed by atoms with Gasteiger partial charge in [0.15, 0.2) is 0 Å². The number of nitrogens with two attached hydrogens (primary N) is 1. The third kappa shape index (κ3) is 4.45. The van der Waals surface area contributed by atoms with Gasteiger partial charge in [-0.3, -0.25) is 9.78 Å². The molecule has 0 unspecified atom stereocenters. The van der Waals surface area contributed by atoms with Crippen molar-refractivity contribution in [3.05, 3.63) is 24.0 Å². The molecule has 0 aromatic carbocycles. The molecule has 0 bridgehead atoms. The van der Waals surface area contributed by atoms with E-state index in [0.29, 0.717) is 17.4 Å². The summed E-state index contributed by atoms with van der Waals surface area (Å²) in [6.45, 7) is 2.99. The molecule has 1 aromatic heterocycles. The molecule has 0 radical (unpaired) electrons. The molecule has 0 spiro atoms. The summed E-state index contributed by atoms with van der Waals surface area (Å²) < 4.78 is 0. The molecular formula is C17H27N3O. The van der Waals surface area contributed by atoms with Gasteiger partial charge in [0.2, 0.25) is 0 Å². The molecule has 1 heterocycles. The fourth-order valence-electron chi connectivity index (χ4n) is 3.06. The van der Waals surface area contributed by atoms with E-state index in [9.17, 15) is 4.79 Å². The topological polar surface area (TPSA) is 59.2 Å². The molecule has 4 heteroatoms. The highest BCUT2D eigenvalue weighted by atomic mass is 16.2. The lowest BCUT2D eigenvalue weighted by Gasteiger charge is -2.31. The maximum Gasteiger partial charge on any atom is 0.272 e. The van der Waals surface area contributed by atoms with Crippen LogP contribution in [0.15, 0.2) is 18.3 Å². The van der Waals surface area contributed by atoms with Crippen LogP contribution in [0.4, 0.5) is 5.69 Å². The molecule has 1 aliphatic carbocycles. The van der Waals surface area contributed by atoms with Gasteiger partial charge in [0, 0.05) is 24.5 Å². The highest BCUT2D eigenvalue weighted by Gasteiger charge is 2.25. The Labute approximate surface area is 127 Å². The first-order valence-electron chi connectivity index (χ1n) is 8.25. The van der Waals surface area contributed by atoms with Crippen LogP contribution < -0.4 is 5.73 Å². The summed E-state index contributed by atoms with van der Waals surface area (Å²) in [5, 5.41) is 0. The maximum atomic E-state index is 12.8. The molecule has 21 heavy (non-hydrogen) atoms. The molecule has 1 fully saturated rings. The molecule has 1 aliphatic rings. The minimum absolute atomic E-state index is 0.0441. The summed E-state index contributed by atoms with van der Waals surface area (Å²) in [7, 11) is 0. The fourth-order valence-corrected chi connectivity index (χ4v) is 3.06. The van der Waals surface area contributed by atoms with Crippen molar-refractivity contribution in [2.24, 2.45) is 0 Å². The fraction of sp³-hybridized carbons (Fsp3) is 0.647. The number of carbonyl (C=O) groups excluding carboxylic acids is 1. The molecule has 116 valence electrons. The second kappa shape index (κ2) is 8.01. The average molecular weight is 289 g/mol. The van der Waals surface area contributed by atoms with Crippen molar-refractivity contribution in [2.45, 2.75) is 64.3 Å². The van der Waals surface area contributed by atoms with Crippen LogP contribution in [-0.4, -0.2) is 28.4 Å². The van der Waals surface area contributed by atoms with Crippen molar-refractivity contribution in [3.8, 4) is 0 Å². The molecule has 2 rings (SSSR count). The first kappa shape index (κ1) is 15.8.